The van der Waals surface area contributed by atoms with Gasteiger partial charge in [0.05, 0.1) is 31.4 Å². The van der Waals surface area contributed by atoms with Crippen LogP contribution in [0.2, 0.25) is 20.1 Å². The number of halogens is 4. The van der Waals surface area contributed by atoms with Crippen LogP contribution in [-0.2, 0) is 0 Å². The van der Waals surface area contributed by atoms with E-state index in [4.69, 9.17) is 46.4 Å². The smallest absolute Gasteiger partial charge is 0.267 e. The lowest BCUT2D eigenvalue weighted by atomic mass is 10.1. The maximum atomic E-state index is 12.4. The van der Waals surface area contributed by atoms with E-state index in [2.05, 4.69) is 10.5 Å². The number of carbonyl (C=O) groups excluding carboxylic acids is 1. The van der Waals surface area contributed by atoms with Crippen molar-refractivity contribution in [3.63, 3.8) is 0 Å². The molecule has 0 heterocycles. The number of amides is 1. The van der Waals surface area contributed by atoms with Gasteiger partial charge in [0, 0.05) is 5.56 Å². The number of carbonyl (C=O) groups is 1. The number of nitrogens with zero attached hydrogens (tertiary/aromatic N) is 1. The van der Waals surface area contributed by atoms with Gasteiger partial charge >= 0.3 is 0 Å². The Hall–Kier alpha value is -1.78. The van der Waals surface area contributed by atoms with Crippen molar-refractivity contribution in [1.82, 2.24) is 5.43 Å². The van der Waals surface area contributed by atoms with Crippen LogP contribution in [-0.4, -0.2) is 11.6 Å². The lowest BCUT2D eigenvalue weighted by molar-refractivity contribution is 0.0955. The van der Waals surface area contributed by atoms with E-state index in [9.17, 15) is 4.79 Å². The number of nitrogens with one attached hydrogen (secondary N) is 1. The average molecular weight is 428 g/mol. The van der Waals surface area contributed by atoms with Gasteiger partial charge in [-0.15, -0.1) is 0 Å². The number of rotatable bonds is 5. The Morgan fingerprint density at radius 2 is 1.38 bits per heavy atom. The fourth-order valence-electron chi connectivity index (χ4n) is 2.06. The highest BCUT2D eigenvalue weighted by Crippen LogP contribution is 2.26. The second-order valence-electron chi connectivity index (χ2n) is 5.02. The number of hydrogen-bond acceptors (Lipinski definition) is 2. The summed E-state index contributed by atoms with van der Waals surface area (Å²) in [7, 11) is 0. The van der Waals surface area contributed by atoms with Gasteiger partial charge in [-0.25, -0.2) is 5.43 Å². The van der Waals surface area contributed by atoms with Gasteiger partial charge in [0.1, 0.15) is 0 Å². The van der Waals surface area contributed by atoms with Crippen LogP contribution in [0, 0.1) is 0 Å². The molecule has 0 unspecified atom stereocenters. The first-order valence-electron chi connectivity index (χ1n) is 7.51. The summed E-state index contributed by atoms with van der Waals surface area (Å²) < 4.78 is 0. The summed E-state index contributed by atoms with van der Waals surface area (Å²) in [5.74, 6) is -0.541. The Bertz CT molecular complexity index is 864. The molecule has 1 N–H and O–H groups in total. The first kappa shape index (κ1) is 20.5. The fourth-order valence-corrected chi connectivity index (χ4v) is 3.22. The van der Waals surface area contributed by atoms with Crippen LogP contribution in [0.1, 0.15) is 22.8 Å². The van der Waals surface area contributed by atoms with Crippen molar-refractivity contribution in [3.05, 3.63) is 91.9 Å². The average Bonchev–Trinajstić information content (AvgIpc) is 2.59. The molecule has 0 saturated heterocycles. The predicted octanol–water partition coefficient (Wildman–Crippen LogP) is 6.57. The van der Waals surface area contributed by atoms with Crippen molar-refractivity contribution in [3.8, 4) is 0 Å². The largest absolute Gasteiger partial charge is 0.274 e. The molecular weight excluding hydrogens is 414 g/mol. The van der Waals surface area contributed by atoms with Crippen molar-refractivity contribution >= 4 is 58.0 Å². The minimum atomic E-state index is -0.541. The first-order chi connectivity index (χ1) is 12.5. The summed E-state index contributed by atoms with van der Waals surface area (Å²) in [4.78, 5) is 12.4. The van der Waals surface area contributed by atoms with Gasteiger partial charge < -0.3 is 0 Å². The van der Waals surface area contributed by atoms with Crippen LogP contribution in [0.3, 0.4) is 0 Å². The SMILES string of the molecule is C/C=C/C=C\C(=N/NC(=O)c1c(Cl)cccc1Cl)c1c(Cl)cccc1Cl. The van der Waals surface area contributed by atoms with Crippen LogP contribution >= 0.6 is 46.4 Å². The molecule has 7 heteroatoms. The van der Waals surface area contributed by atoms with Crippen molar-refractivity contribution in [1.29, 1.82) is 0 Å². The van der Waals surface area contributed by atoms with Gasteiger partial charge in [0.25, 0.3) is 5.91 Å². The molecule has 0 saturated carbocycles. The van der Waals surface area contributed by atoms with Gasteiger partial charge in [-0.2, -0.15) is 5.10 Å². The van der Waals surface area contributed by atoms with Gasteiger partial charge in [-0.05, 0) is 37.3 Å². The number of hydrogen-bond donors (Lipinski definition) is 1. The quantitative estimate of drug-likeness (QED) is 0.327. The van der Waals surface area contributed by atoms with Gasteiger partial charge in [0.2, 0.25) is 0 Å². The Morgan fingerprint density at radius 1 is 0.885 bits per heavy atom. The second-order valence-corrected chi connectivity index (χ2v) is 6.64. The van der Waals surface area contributed by atoms with Crippen LogP contribution in [0.15, 0.2) is 65.8 Å². The highest BCUT2D eigenvalue weighted by atomic mass is 35.5. The molecule has 0 bridgehead atoms. The molecule has 0 atom stereocenters. The molecule has 0 aliphatic carbocycles. The Morgan fingerprint density at radius 3 is 1.88 bits per heavy atom. The second kappa shape index (κ2) is 9.79. The maximum Gasteiger partial charge on any atom is 0.274 e. The van der Waals surface area contributed by atoms with E-state index in [0.29, 0.717) is 21.3 Å². The molecular formula is C19H14Cl4N2O. The molecule has 0 aliphatic heterocycles. The summed E-state index contributed by atoms with van der Waals surface area (Å²) in [5.41, 5.74) is 3.47. The summed E-state index contributed by atoms with van der Waals surface area (Å²) in [6.07, 6.45) is 7.10. The normalized spacial score (nSPS) is 12.1. The van der Waals surface area contributed by atoms with E-state index < -0.39 is 5.91 Å². The lowest BCUT2D eigenvalue weighted by Crippen LogP contribution is -2.20. The first-order valence-corrected chi connectivity index (χ1v) is 9.02. The minimum Gasteiger partial charge on any atom is -0.267 e. The third kappa shape index (κ3) is 5.12. The fraction of sp³-hybridized carbons (Fsp3) is 0.0526. The van der Waals surface area contributed by atoms with Crippen LogP contribution < -0.4 is 5.43 Å². The highest BCUT2D eigenvalue weighted by molar-refractivity contribution is 6.41. The molecule has 0 aromatic heterocycles. The zero-order valence-corrected chi connectivity index (χ0v) is 16.7. The molecule has 2 aromatic carbocycles. The van der Waals surface area contributed by atoms with E-state index in [1.165, 1.54) is 0 Å². The molecule has 1 amide bonds. The van der Waals surface area contributed by atoms with Crippen LogP contribution in [0.25, 0.3) is 0 Å². The summed E-state index contributed by atoms with van der Waals surface area (Å²) in [5, 5.41) is 5.43. The maximum absolute atomic E-state index is 12.4. The van der Waals surface area contributed by atoms with Gasteiger partial charge in [-0.1, -0.05) is 76.8 Å². The third-order valence-electron chi connectivity index (χ3n) is 3.24. The Labute approximate surface area is 171 Å². The zero-order chi connectivity index (χ0) is 19.1. The molecule has 134 valence electrons. The lowest BCUT2D eigenvalue weighted by Gasteiger charge is -2.09. The van der Waals surface area contributed by atoms with Crippen LogP contribution in [0.5, 0.6) is 0 Å². The zero-order valence-electron chi connectivity index (χ0n) is 13.6. The topological polar surface area (TPSA) is 41.5 Å². The monoisotopic (exact) mass is 426 g/mol. The standard InChI is InChI=1S/C19H14Cl4N2O/c1-2-3-4-11-16(17-12(20)7-5-8-13(17)21)24-25-19(26)18-14(22)9-6-10-15(18)23/h2-11H,1H3,(H,25,26)/b3-2+,11-4-,24-16+. The number of benzene rings is 2. The van der Waals surface area contributed by atoms with E-state index in [0.717, 1.165) is 0 Å². The molecule has 26 heavy (non-hydrogen) atoms. The van der Waals surface area contributed by atoms with Gasteiger partial charge in [-0.3, -0.25) is 4.79 Å². The van der Waals surface area contributed by atoms with E-state index in [1.807, 2.05) is 19.1 Å². The molecule has 0 spiro atoms. The van der Waals surface area contributed by atoms with Crippen molar-refractivity contribution in [2.45, 2.75) is 6.92 Å². The Balaban J connectivity index is 2.41. The number of allylic oxidation sites excluding steroid dienone is 4. The van der Waals surface area contributed by atoms with E-state index in [-0.39, 0.29) is 15.6 Å². The minimum absolute atomic E-state index is 0.140. The summed E-state index contributed by atoms with van der Waals surface area (Å²) in [6.45, 7) is 1.88. The van der Waals surface area contributed by atoms with E-state index in [1.54, 1.807) is 48.6 Å². The Kier molecular flexibility index (Phi) is 7.73. The third-order valence-corrected chi connectivity index (χ3v) is 4.50. The highest BCUT2D eigenvalue weighted by Gasteiger charge is 2.15. The van der Waals surface area contributed by atoms with Crippen molar-refractivity contribution < 1.29 is 4.79 Å². The summed E-state index contributed by atoms with van der Waals surface area (Å²) in [6, 6.07) is 9.90. The summed E-state index contributed by atoms with van der Waals surface area (Å²) >= 11 is 24.6. The van der Waals surface area contributed by atoms with E-state index >= 15 is 0 Å². The van der Waals surface area contributed by atoms with Crippen molar-refractivity contribution in [2.24, 2.45) is 5.10 Å². The molecule has 0 fully saturated rings. The number of hydrazone groups is 1. The van der Waals surface area contributed by atoms with Gasteiger partial charge in [0.15, 0.2) is 0 Å². The molecule has 0 aliphatic rings. The van der Waals surface area contributed by atoms with Crippen molar-refractivity contribution in [2.75, 3.05) is 0 Å². The van der Waals surface area contributed by atoms with Crippen LogP contribution in [0.4, 0.5) is 0 Å². The predicted molar refractivity (Wildman–Crippen MR) is 111 cm³/mol. The molecule has 3 nitrogen and oxygen atoms in total. The molecule has 2 rings (SSSR count). The molecule has 2 aromatic rings. The molecule has 0 radical (unpaired) electrons.